The van der Waals surface area contributed by atoms with E-state index < -0.39 is 15.9 Å². The molecule has 0 radical (unpaired) electrons. The fourth-order valence-corrected chi connectivity index (χ4v) is 2.79. The topological polar surface area (TPSA) is 125 Å². The zero-order chi connectivity index (χ0) is 19.7. The largest absolute Gasteiger partial charge is 0.386 e. The van der Waals surface area contributed by atoms with Gasteiger partial charge < -0.3 is 10.6 Å². The number of hydrogen-bond donors (Lipinski definition) is 3. The zero-order valence-corrected chi connectivity index (χ0v) is 15.4. The van der Waals surface area contributed by atoms with Crippen LogP contribution in [0.15, 0.2) is 71.3 Å². The normalized spacial score (nSPS) is 11.5. The van der Waals surface area contributed by atoms with Crippen molar-refractivity contribution in [3.8, 4) is 6.07 Å². The van der Waals surface area contributed by atoms with Crippen LogP contribution in [0.5, 0.6) is 0 Å². The van der Waals surface area contributed by atoms with Gasteiger partial charge in [-0.05, 0) is 29.7 Å². The summed E-state index contributed by atoms with van der Waals surface area (Å²) in [6.45, 7) is 0.754. The van der Waals surface area contributed by atoms with E-state index in [2.05, 4.69) is 10.6 Å². The number of rotatable bonds is 8. The first-order chi connectivity index (χ1) is 12.9. The van der Waals surface area contributed by atoms with Gasteiger partial charge in [-0.15, -0.1) is 0 Å². The Morgan fingerprint density at radius 2 is 1.74 bits per heavy atom. The van der Waals surface area contributed by atoms with Crippen molar-refractivity contribution < 1.29 is 13.2 Å². The molecular formula is C19H20N4O3S. The molecule has 2 aromatic rings. The van der Waals surface area contributed by atoms with Gasteiger partial charge in [0.05, 0.1) is 4.90 Å². The molecular weight excluding hydrogens is 364 g/mol. The smallest absolute Gasteiger partial charge is 0.263 e. The van der Waals surface area contributed by atoms with Crippen molar-refractivity contribution in [2.24, 2.45) is 5.14 Å². The number of sulfonamides is 1. The van der Waals surface area contributed by atoms with Crippen molar-refractivity contribution in [2.45, 2.75) is 17.9 Å². The lowest BCUT2D eigenvalue weighted by Crippen LogP contribution is -2.27. The number of carbonyl (C=O) groups excluding carboxylic acids is 1. The number of amides is 1. The molecule has 140 valence electrons. The molecule has 0 atom stereocenters. The first-order valence-corrected chi connectivity index (χ1v) is 9.72. The monoisotopic (exact) mass is 384 g/mol. The highest BCUT2D eigenvalue weighted by Gasteiger charge is 2.08. The van der Waals surface area contributed by atoms with Crippen molar-refractivity contribution in [1.29, 1.82) is 5.26 Å². The second-order valence-electron chi connectivity index (χ2n) is 5.73. The fourth-order valence-electron chi connectivity index (χ4n) is 2.28. The molecule has 4 N–H and O–H groups in total. The quantitative estimate of drug-likeness (QED) is 0.466. The van der Waals surface area contributed by atoms with E-state index >= 15 is 0 Å². The summed E-state index contributed by atoms with van der Waals surface area (Å²) in [4.78, 5) is 12.1. The van der Waals surface area contributed by atoms with Crippen LogP contribution in [0.2, 0.25) is 0 Å². The van der Waals surface area contributed by atoms with E-state index in [1.54, 1.807) is 12.1 Å². The van der Waals surface area contributed by atoms with Gasteiger partial charge in [0, 0.05) is 19.3 Å². The molecule has 0 saturated heterocycles. The Labute approximate surface area is 158 Å². The van der Waals surface area contributed by atoms with E-state index in [4.69, 9.17) is 10.4 Å². The lowest BCUT2D eigenvalue weighted by atomic mass is 10.1. The molecule has 0 saturated carbocycles. The van der Waals surface area contributed by atoms with Crippen molar-refractivity contribution in [3.63, 3.8) is 0 Å². The number of carbonyl (C=O) groups is 1. The summed E-state index contributed by atoms with van der Waals surface area (Å²) in [6, 6.07) is 17.6. The van der Waals surface area contributed by atoms with E-state index in [9.17, 15) is 13.2 Å². The molecule has 0 aliphatic heterocycles. The minimum absolute atomic E-state index is 0.0253. The molecule has 2 rings (SSSR count). The fraction of sp³-hybridized carbons (Fsp3) is 0.158. The molecule has 8 heteroatoms. The lowest BCUT2D eigenvalue weighted by Gasteiger charge is -2.06. The summed E-state index contributed by atoms with van der Waals surface area (Å²) in [6.07, 6.45) is 2.01. The average molecular weight is 384 g/mol. The SMILES string of the molecule is N#C/C(=C/NCc1ccc(S(N)(=O)=O)cc1)C(=O)NCCc1ccccc1. The molecule has 0 fully saturated rings. The molecule has 0 spiro atoms. The number of nitrogens with zero attached hydrogens (tertiary/aromatic N) is 1. The third-order valence-corrected chi connectivity index (χ3v) is 4.64. The Morgan fingerprint density at radius 1 is 1.07 bits per heavy atom. The number of nitrogens with two attached hydrogens (primary N) is 1. The summed E-state index contributed by atoms with van der Waals surface area (Å²) in [5.74, 6) is -0.453. The number of hydrogen-bond acceptors (Lipinski definition) is 5. The maximum absolute atomic E-state index is 12.0. The number of benzene rings is 2. The zero-order valence-electron chi connectivity index (χ0n) is 14.6. The van der Waals surface area contributed by atoms with Gasteiger partial charge in [0.2, 0.25) is 10.0 Å². The van der Waals surface area contributed by atoms with Gasteiger partial charge in [0.1, 0.15) is 11.6 Å². The van der Waals surface area contributed by atoms with E-state index in [0.29, 0.717) is 19.5 Å². The first kappa shape index (κ1) is 20.2. The molecule has 0 unspecified atom stereocenters. The van der Waals surface area contributed by atoms with E-state index in [0.717, 1.165) is 11.1 Å². The van der Waals surface area contributed by atoms with Crippen LogP contribution in [-0.4, -0.2) is 20.9 Å². The summed E-state index contributed by atoms with van der Waals surface area (Å²) in [5.41, 5.74) is 1.84. The van der Waals surface area contributed by atoms with Gasteiger partial charge >= 0.3 is 0 Å². The molecule has 0 aromatic heterocycles. The first-order valence-electron chi connectivity index (χ1n) is 8.17. The van der Waals surface area contributed by atoms with Crippen LogP contribution in [0.25, 0.3) is 0 Å². The van der Waals surface area contributed by atoms with Gasteiger partial charge in [-0.1, -0.05) is 42.5 Å². The van der Waals surface area contributed by atoms with Gasteiger partial charge in [0.15, 0.2) is 0 Å². The Morgan fingerprint density at radius 3 is 2.33 bits per heavy atom. The van der Waals surface area contributed by atoms with Crippen LogP contribution in [0.1, 0.15) is 11.1 Å². The summed E-state index contributed by atoms with van der Waals surface area (Å²) < 4.78 is 22.4. The predicted molar refractivity (Wildman–Crippen MR) is 102 cm³/mol. The maximum atomic E-state index is 12.0. The number of primary sulfonamides is 1. The van der Waals surface area contributed by atoms with Crippen LogP contribution in [0, 0.1) is 11.3 Å². The van der Waals surface area contributed by atoms with E-state index in [1.165, 1.54) is 18.3 Å². The minimum Gasteiger partial charge on any atom is -0.386 e. The van der Waals surface area contributed by atoms with Crippen molar-refractivity contribution in [2.75, 3.05) is 6.54 Å². The molecule has 27 heavy (non-hydrogen) atoms. The van der Waals surface area contributed by atoms with Gasteiger partial charge in [-0.3, -0.25) is 4.79 Å². The highest BCUT2D eigenvalue weighted by molar-refractivity contribution is 7.89. The highest BCUT2D eigenvalue weighted by atomic mass is 32.2. The van der Waals surface area contributed by atoms with Gasteiger partial charge in [-0.25, -0.2) is 13.6 Å². The van der Waals surface area contributed by atoms with Crippen LogP contribution in [0.4, 0.5) is 0 Å². The molecule has 7 nitrogen and oxygen atoms in total. The Bertz CT molecular complexity index is 947. The summed E-state index contributed by atoms with van der Waals surface area (Å²) in [5, 5.41) is 19.8. The Kier molecular flexibility index (Phi) is 7.11. The highest BCUT2D eigenvalue weighted by Crippen LogP contribution is 2.08. The van der Waals surface area contributed by atoms with E-state index in [-0.39, 0.29) is 10.5 Å². The summed E-state index contributed by atoms with van der Waals surface area (Å²) in [7, 11) is -3.73. The molecule has 0 heterocycles. The second kappa shape index (κ2) is 9.52. The molecule has 2 aromatic carbocycles. The van der Waals surface area contributed by atoms with Gasteiger partial charge in [0.25, 0.3) is 5.91 Å². The third kappa shape index (κ3) is 6.58. The van der Waals surface area contributed by atoms with Crippen LogP contribution >= 0.6 is 0 Å². The standard InChI is InChI=1S/C19H20N4O3S/c20-12-17(19(24)23-11-10-15-4-2-1-3-5-15)14-22-13-16-6-8-18(9-7-16)27(21,25)26/h1-9,14,22H,10-11,13H2,(H,23,24)(H2,21,25,26)/b17-14-. The maximum Gasteiger partial charge on any atom is 0.263 e. The van der Waals surface area contributed by atoms with E-state index in [1.807, 2.05) is 36.4 Å². The molecule has 0 aliphatic rings. The molecule has 0 aliphatic carbocycles. The van der Waals surface area contributed by atoms with Crippen LogP contribution in [0.3, 0.4) is 0 Å². The average Bonchev–Trinajstić information content (AvgIpc) is 2.65. The van der Waals surface area contributed by atoms with Crippen molar-refractivity contribution in [1.82, 2.24) is 10.6 Å². The van der Waals surface area contributed by atoms with Crippen LogP contribution < -0.4 is 15.8 Å². The van der Waals surface area contributed by atoms with Crippen molar-refractivity contribution in [3.05, 3.63) is 77.5 Å². The van der Waals surface area contributed by atoms with Gasteiger partial charge in [-0.2, -0.15) is 5.26 Å². The van der Waals surface area contributed by atoms with Crippen molar-refractivity contribution >= 4 is 15.9 Å². The molecule has 1 amide bonds. The third-order valence-electron chi connectivity index (χ3n) is 3.71. The Balaban J connectivity index is 1.84. The minimum atomic E-state index is -3.73. The lowest BCUT2D eigenvalue weighted by molar-refractivity contribution is -0.117. The number of nitriles is 1. The summed E-state index contributed by atoms with van der Waals surface area (Å²) >= 11 is 0. The van der Waals surface area contributed by atoms with Crippen LogP contribution in [-0.2, 0) is 27.8 Å². The second-order valence-corrected chi connectivity index (χ2v) is 7.29. The Hall–Kier alpha value is -3.15. The predicted octanol–water partition coefficient (Wildman–Crippen LogP) is 1.19. The number of nitrogens with one attached hydrogen (secondary N) is 2. The molecule has 0 bridgehead atoms.